The number of aromatic amines is 1. The molecule has 3 aliphatic carbocycles. The van der Waals surface area contributed by atoms with Gasteiger partial charge in [-0.1, -0.05) is 19.9 Å². The van der Waals surface area contributed by atoms with Crippen molar-refractivity contribution in [3.05, 3.63) is 71.1 Å². The molecule has 1 aromatic carbocycles. The molecule has 2 N–H and O–H groups in total. The van der Waals surface area contributed by atoms with Crippen LogP contribution in [-0.4, -0.2) is 40.5 Å². The Bertz CT molecular complexity index is 1530. The molecular formula is C26H23F2N7O. The van der Waals surface area contributed by atoms with Crippen LogP contribution < -0.4 is 0 Å². The maximum absolute atomic E-state index is 14.5. The first-order chi connectivity index (χ1) is 17.2. The molecule has 0 unspecified atom stereocenters. The fourth-order valence-electron chi connectivity index (χ4n) is 6.38. The highest BCUT2D eigenvalue weighted by Gasteiger charge is 2.65. The van der Waals surface area contributed by atoms with Crippen molar-refractivity contribution in [2.24, 2.45) is 5.41 Å². The number of rotatable bonds is 4. The highest BCUT2D eigenvalue weighted by Crippen LogP contribution is 2.69. The van der Waals surface area contributed by atoms with Gasteiger partial charge in [-0.15, -0.1) is 5.10 Å². The van der Waals surface area contributed by atoms with Crippen molar-refractivity contribution >= 4 is 0 Å². The number of hydrogen-bond acceptors (Lipinski definition) is 7. The summed E-state index contributed by atoms with van der Waals surface area (Å²) in [5.74, 6) is -0.392. The van der Waals surface area contributed by atoms with Crippen LogP contribution in [0.15, 0.2) is 36.7 Å². The Balaban J connectivity index is 1.35. The van der Waals surface area contributed by atoms with E-state index in [1.54, 1.807) is 18.5 Å². The van der Waals surface area contributed by atoms with Crippen molar-refractivity contribution in [1.29, 1.82) is 0 Å². The molecule has 8 nitrogen and oxygen atoms in total. The summed E-state index contributed by atoms with van der Waals surface area (Å²) in [6.07, 6.45) is 6.35. The molecule has 0 spiro atoms. The highest BCUT2D eigenvalue weighted by atomic mass is 19.1. The molecule has 3 aliphatic rings. The monoisotopic (exact) mass is 487 g/mol. The molecule has 2 atom stereocenters. The average molecular weight is 488 g/mol. The van der Waals surface area contributed by atoms with Gasteiger partial charge in [0.15, 0.2) is 5.82 Å². The van der Waals surface area contributed by atoms with Gasteiger partial charge in [-0.2, -0.15) is 10.2 Å². The van der Waals surface area contributed by atoms with Crippen LogP contribution in [0.25, 0.3) is 22.8 Å². The minimum absolute atomic E-state index is 0.126. The van der Waals surface area contributed by atoms with E-state index in [0.29, 0.717) is 30.2 Å². The lowest BCUT2D eigenvalue weighted by Gasteiger charge is -2.37. The maximum atomic E-state index is 14.5. The van der Waals surface area contributed by atoms with Crippen LogP contribution in [0.4, 0.5) is 8.78 Å². The number of H-pyrrole nitrogens is 1. The summed E-state index contributed by atoms with van der Waals surface area (Å²) >= 11 is 0. The molecule has 0 amide bonds. The van der Waals surface area contributed by atoms with Crippen LogP contribution in [-0.2, 0) is 11.0 Å². The normalized spacial score (nSPS) is 24.6. The third-order valence-electron chi connectivity index (χ3n) is 8.55. The van der Waals surface area contributed by atoms with Gasteiger partial charge < -0.3 is 5.11 Å². The Kier molecular flexibility index (Phi) is 4.18. The quantitative estimate of drug-likeness (QED) is 0.444. The number of hydrogen-bond donors (Lipinski definition) is 2. The number of benzene rings is 1. The third kappa shape index (κ3) is 2.70. The van der Waals surface area contributed by atoms with E-state index in [-0.39, 0.29) is 22.6 Å². The molecule has 36 heavy (non-hydrogen) atoms. The first-order valence-corrected chi connectivity index (χ1v) is 12.1. The molecule has 2 bridgehead atoms. The van der Waals surface area contributed by atoms with E-state index in [1.807, 2.05) is 0 Å². The zero-order chi connectivity index (χ0) is 24.9. The fourth-order valence-corrected chi connectivity index (χ4v) is 6.38. The second kappa shape index (κ2) is 6.97. The molecule has 2 saturated carbocycles. The molecule has 3 aromatic heterocycles. The maximum Gasteiger partial charge on any atom is 0.201 e. The Morgan fingerprint density at radius 1 is 1.00 bits per heavy atom. The van der Waals surface area contributed by atoms with Gasteiger partial charge in [-0.05, 0) is 60.8 Å². The molecule has 10 heteroatoms. The zero-order valence-corrected chi connectivity index (χ0v) is 19.8. The summed E-state index contributed by atoms with van der Waals surface area (Å²) in [5.41, 5.74) is 1.21. The number of aliphatic hydroxyl groups is 1. The molecule has 182 valence electrons. The van der Waals surface area contributed by atoms with Gasteiger partial charge in [-0.3, -0.25) is 10.1 Å². The third-order valence-corrected chi connectivity index (χ3v) is 8.55. The van der Waals surface area contributed by atoms with E-state index in [0.717, 1.165) is 29.8 Å². The lowest BCUT2D eigenvalue weighted by atomic mass is 9.66. The largest absolute Gasteiger partial charge is 0.382 e. The topological polar surface area (TPSA) is 113 Å². The van der Waals surface area contributed by atoms with Crippen molar-refractivity contribution < 1.29 is 13.9 Å². The summed E-state index contributed by atoms with van der Waals surface area (Å²) in [6.45, 7) is 4.36. The molecule has 2 fully saturated rings. The summed E-state index contributed by atoms with van der Waals surface area (Å²) in [6, 6.07) is 5.57. The predicted octanol–water partition coefficient (Wildman–Crippen LogP) is 4.18. The Morgan fingerprint density at radius 2 is 1.78 bits per heavy atom. The van der Waals surface area contributed by atoms with E-state index in [9.17, 15) is 13.9 Å². The first-order valence-electron chi connectivity index (χ1n) is 12.1. The summed E-state index contributed by atoms with van der Waals surface area (Å²) in [4.78, 5) is 13.9. The molecule has 7 rings (SSSR count). The smallest absolute Gasteiger partial charge is 0.201 e. The highest BCUT2D eigenvalue weighted by molar-refractivity contribution is 5.64. The van der Waals surface area contributed by atoms with Gasteiger partial charge in [0.2, 0.25) is 5.82 Å². The van der Waals surface area contributed by atoms with E-state index in [1.165, 1.54) is 18.2 Å². The van der Waals surface area contributed by atoms with Gasteiger partial charge in [-0.25, -0.2) is 18.7 Å². The second-order valence-corrected chi connectivity index (χ2v) is 10.7. The summed E-state index contributed by atoms with van der Waals surface area (Å²) < 4.78 is 29.0. The number of halogens is 2. The van der Waals surface area contributed by atoms with Crippen molar-refractivity contribution in [2.45, 2.75) is 56.5 Å². The summed E-state index contributed by atoms with van der Waals surface area (Å²) in [5, 5.41) is 26.3. The molecule has 0 saturated heterocycles. The lowest BCUT2D eigenvalue weighted by Crippen LogP contribution is -2.38. The number of nitrogens with one attached hydrogen (secondary N) is 1. The molecule has 0 aliphatic heterocycles. The van der Waals surface area contributed by atoms with Gasteiger partial charge in [0.1, 0.15) is 22.9 Å². The number of aromatic nitrogens is 7. The van der Waals surface area contributed by atoms with Crippen LogP contribution in [0.3, 0.4) is 0 Å². The van der Waals surface area contributed by atoms with Gasteiger partial charge >= 0.3 is 0 Å². The second-order valence-electron chi connectivity index (χ2n) is 10.7. The van der Waals surface area contributed by atoms with Crippen molar-refractivity contribution in [3.63, 3.8) is 0 Å². The van der Waals surface area contributed by atoms with Crippen LogP contribution >= 0.6 is 0 Å². The van der Waals surface area contributed by atoms with Crippen LogP contribution in [0.2, 0.25) is 0 Å². The van der Waals surface area contributed by atoms with Gasteiger partial charge in [0.05, 0.1) is 34.3 Å². The van der Waals surface area contributed by atoms with Crippen molar-refractivity contribution in [3.8, 4) is 22.8 Å². The van der Waals surface area contributed by atoms with Crippen LogP contribution in [0, 0.1) is 17.0 Å². The zero-order valence-electron chi connectivity index (χ0n) is 19.8. The number of fused-ring (bicyclic) bond motifs is 5. The fraction of sp³-hybridized carbons (Fsp3) is 0.385. The Hall–Kier alpha value is -3.66. The van der Waals surface area contributed by atoms with Crippen molar-refractivity contribution in [1.82, 2.24) is 35.3 Å². The summed E-state index contributed by atoms with van der Waals surface area (Å²) in [7, 11) is 0. The molecule has 0 radical (unpaired) electrons. The van der Waals surface area contributed by atoms with Gasteiger partial charge in [0, 0.05) is 6.20 Å². The number of nitrogens with zero attached hydrogens (tertiary/aromatic N) is 6. The first kappa shape index (κ1) is 21.6. The molecule has 3 heterocycles. The molecular weight excluding hydrogens is 464 g/mol. The van der Waals surface area contributed by atoms with Crippen LogP contribution in [0.5, 0.6) is 0 Å². The lowest BCUT2D eigenvalue weighted by molar-refractivity contribution is 0.141. The minimum atomic E-state index is -0.926. The average Bonchev–Trinajstić information content (AvgIpc) is 3.24. The van der Waals surface area contributed by atoms with E-state index in [2.05, 4.69) is 44.2 Å². The molecule has 4 aromatic rings. The van der Waals surface area contributed by atoms with Gasteiger partial charge in [0.25, 0.3) is 0 Å². The van der Waals surface area contributed by atoms with E-state index < -0.39 is 22.7 Å². The SMILES string of the molecule is CC1(C)[C@H]2CC[C@]1(c1cncc(-c3n[nH]c(C4(O)CC4)n3)n1)c1nnc(-c3c(F)cccc3F)cc12. The Morgan fingerprint density at radius 3 is 2.53 bits per heavy atom. The van der Waals surface area contributed by atoms with Crippen LogP contribution in [0.1, 0.15) is 68.2 Å². The Labute approximate surface area is 205 Å². The van der Waals surface area contributed by atoms with E-state index in [4.69, 9.17) is 4.98 Å². The van der Waals surface area contributed by atoms with E-state index >= 15 is 0 Å². The van der Waals surface area contributed by atoms with Crippen molar-refractivity contribution in [2.75, 3.05) is 0 Å². The predicted molar refractivity (Wildman–Crippen MR) is 124 cm³/mol. The standard InChI is InChI=1S/C26H23F2N7O/c1-24(2)14-6-7-26(24,21-13(14)10-17(32-33-21)20-15(27)4-3-5-16(20)28)19-12-29-11-18(30-19)22-31-23(35-34-22)25(36)8-9-25/h3-5,10-12,14,36H,6-9H2,1-2H3,(H,31,34,35)/t14-,26-/m0/s1. The minimum Gasteiger partial charge on any atom is -0.382 e.